The van der Waals surface area contributed by atoms with Gasteiger partial charge in [-0.25, -0.2) is 0 Å². The van der Waals surface area contributed by atoms with Crippen LogP contribution >= 0.6 is 0 Å². The minimum absolute atomic E-state index is 0.423. The van der Waals surface area contributed by atoms with E-state index in [2.05, 4.69) is 13.5 Å². The molecule has 1 atom stereocenters. The number of ether oxygens (including phenoxy) is 2. The molecule has 1 unspecified atom stereocenters. The summed E-state index contributed by atoms with van der Waals surface area (Å²) < 4.78 is 10.9. The molecule has 0 bridgehead atoms. The third kappa shape index (κ3) is 4.03. The molecule has 0 radical (unpaired) electrons. The maximum absolute atomic E-state index is 8.00. The summed E-state index contributed by atoms with van der Waals surface area (Å²) in [6.07, 6.45) is 6.30. The minimum atomic E-state index is -0.423. The van der Waals surface area contributed by atoms with Crippen molar-refractivity contribution >= 4 is 6.79 Å². The van der Waals surface area contributed by atoms with Crippen molar-refractivity contribution in [3.8, 4) is 0 Å². The van der Waals surface area contributed by atoms with Crippen LogP contribution in [0.4, 0.5) is 0 Å². The Hall–Kier alpha value is -0.670. The molecule has 1 aliphatic rings. The van der Waals surface area contributed by atoms with E-state index in [0.717, 1.165) is 26.1 Å². The molecule has 0 aromatic rings. The van der Waals surface area contributed by atoms with Crippen LogP contribution in [0.3, 0.4) is 0 Å². The first-order chi connectivity index (χ1) is 6.83. The molecule has 3 heteroatoms. The molecule has 1 heterocycles. The van der Waals surface area contributed by atoms with Gasteiger partial charge in [0.05, 0.1) is 13.2 Å². The van der Waals surface area contributed by atoms with E-state index in [1.165, 1.54) is 12.8 Å². The van der Waals surface area contributed by atoms with Crippen molar-refractivity contribution in [1.29, 1.82) is 0 Å². The van der Waals surface area contributed by atoms with Crippen LogP contribution in [-0.2, 0) is 14.3 Å². The lowest BCUT2D eigenvalue weighted by atomic mass is 10.1. The average Bonchev–Trinajstić information content (AvgIpc) is 2.19. The summed E-state index contributed by atoms with van der Waals surface area (Å²) in [5, 5.41) is 0. The molecule has 0 N–H and O–H groups in total. The lowest BCUT2D eigenvalue weighted by molar-refractivity contribution is -0.276. The fourth-order valence-corrected chi connectivity index (χ4v) is 1.23. The predicted molar refractivity (Wildman–Crippen MR) is 56.1 cm³/mol. The van der Waals surface area contributed by atoms with E-state index < -0.39 is 5.79 Å². The summed E-state index contributed by atoms with van der Waals surface area (Å²) in [6.45, 7) is 9.48. The summed E-state index contributed by atoms with van der Waals surface area (Å²) in [7, 11) is 0. The van der Waals surface area contributed by atoms with Crippen molar-refractivity contribution < 1.29 is 14.3 Å². The van der Waals surface area contributed by atoms with Gasteiger partial charge in [0, 0.05) is 6.42 Å². The zero-order valence-corrected chi connectivity index (χ0v) is 8.96. The molecule has 1 aliphatic heterocycles. The van der Waals surface area contributed by atoms with Crippen LogP contribution in [0.25, 0.3) is 0 Å². The third-order valence-corrected chi connectivity index (χ3v) is 2.20. The Morgan fingerprint density at radius 3 is 2.50 bits per heavy atom. The van der Waals surface area contributed by atoms with Crippen LogP contribution in [0.2, 0.25) is 0 Å². The Morgan fingerprint density at radius 1 is 1.50 bits per heavy atom. The highest BCUT2D eigenvalue weighted by Gasteiger charge is 2.35. The van der Waals surface area contributed by atoms with Crippen molar-refractivity contribution in [2.75, 3.05) is 13.2 Å². The smallest absolute Gasteiger partial charge is 0.189 e. The molecule has 3 nitrogen and oxygen atoms in total. The fourth-order valence-electron chi connectivity index (χ4n) is 1.23. The molecule has 1 fully saturated rings. The molecule has 0 spiro atoms. The molecule has 1 saturated heterocycles. The van der Waals surface area contributed by atoms with Crippen molar-refractivity contribution in [2.24, 2.45) is 0 Å². The van der Waals surface area contributed by atoms with Crippen LogP contribution in [0.5, 0.6) is 0 Å². The first-order valence-electron chi connectivity index (χ1n) is 5.03. The lowest BCUT2D eigenvalue weighted by Crippen LogP contribution is -2.44. The summed E-state index contributed by atoms with van der Waals surface area (Å²) in [5.41, 5.74) is 0. The van der Waals surface area contributed by atoms with Gasteiger partial charge in [-0.05, 0) is 12.5 Å². The largest absolute Gasteiger partial charge is 0.346 e. The number of hydrogen-bond acceptors (Lipinski definition) is 3. The monoisotopic (exact) mass is 200 g/mol. The number of rotatable bonds is 6. The van der Waals surface area contributed by atoms with Crippen LogP contribution in [0.15, 0.2) is 12.7 Å². The highest BCUT2D eigenvalue weighted by Crippen LogP contribution is 2.28. The zero-order valence-electron chi connectivity index (χ0n) is 8.96. The van der Waals surface area contributed by atoms with Crippen molar-refractivity contribution in [2.45, 2.75) is 38.4 Å². The van der Waals surface area contributed by atoms with Gasteiger partial charge in [-0.15, -0.1) is 0 Å². The first-order valence-corrected chi connectivity index (χ1v) is 5.03. The predicted octanol–water partition coefficient (Wildman–Crippen LogP) is 2.31. The SMILES string of the molecule is C=CC1(OCCCCC)CCO1.C=O. The summed E-state index contributed by atoms with van der Waals surface area (Å²) in [4.78, 5) is 8.00. The molecule has 82 valence electrons. The molecule has 14 heavy (non-hydrogen) atoms. The van der Waals surface area contributed by atoms with E-state index >= 15 is 0 Å². The maximum atomic E-state index is 8.00. The van der Waals surface area contributed by atoms with E-state index in [4.69, 9.17) is 14.3 Å². The number of hydrogen-bond donors (Lipinski definition) is 0. The van der Waals surface area contributed by atoms with Crippen LogP contribution in [0.1, 0.15) is 32.6 Å². The molecule has 0 saturated carbocycles. The number of carbonyl (C=O) groups excluding carboxylic acids is 1. The van der Waals surface area contributed by atoms with E-state index in [1.54, 1.807) is 6.08 Å². The molecule has 0 amide bonds. The Balaban J connectivity index is 0.000000791. The summed E-state index contributed by atoms with van der Waals surface area (Å²) >= 11 is 0. The van der Waals surface area contributed by atoms with Gasteiger partial charge >= 0.3 is 0 Å². The highest BCUT2D eigenvalue weighted by molar-refractivity contribution is 5.11. The topological polar surface area (TPSA) is 35.5 Å². The van der Waals surface area contributed by atoms with Gasteiger partial charge in [-0.2, -0.15) is 0 Å². The minimum Gasteiger partial charge on any atom is -0.346 e. The van der Waals surface area contributed by atoms with Crippen LogP contribution < -0.4 is 0 Å². The fraction of sp³-hybridized carbons (Fsp3) is 0.727. The number of unbranched alkanes of at least 4 members (excludes halogenated alkanes) is 2. The zero-order chi connectivity index (χ0) is 10.9. The Labute approximate surface area is 86.1 Å². The van der Waals surface area contributed by atoms with E-state index in [1.807, 2.05) is 6.79 Å². The van der Waals surface area contributed by atoms with E-state index in [9.17, 15) is 0 Å². The third-order valence-electron chi connectivity index (χ3n) is 2.20. The van der Waals surface area contributed by atoms with Gasteiger partial charge in [0.1, 0.15) is 6.79 Å². The maximum Gasteiger partial charge on any atom is 0.189 e. The van der Waals surface area contributed by atoms with Crippen molar-refractivity contribution in [3.05, 3.63) is 12.7 Å². The molecule has 0 aromatic heterocycles. The van der Waals surface area contributed by atoms with E-state index in [0.29, 0.717) is 0 Å². The van der Waals surface area contributed by atoms with E-state index in [-0.39, 0.29) is 0 Å². The second kappa shape index (κ2) is 7.71. The lowest BCUT2D eigenvalue weighted by Gasteiger charge is -2.38. The van der Waals surface area contributed by atoms with Crippen LogP contribution in [-0.4, -0.2) is 25.8 Å². The molecule has 1 rings (SSSR count). The molecule has 0 aliphatic carbocycles. The standard InChI is InChI=1S/C10H18O2.CH2O/c1-3-5-6-8-11-10(4-2)7-9-12-10;1-2/h4H,2-3,5-9H2,1H3;1H2. The van der Waals surface area contributed by atoms with Crippen molar-refractivity contribution in [1.82, 2.24) is 0 Å². The van der Waals surface area contributed by atoms with Gasteiger partial charge in [-0.3, -0.25) is 0 Å². The molecular formula is C11H20O3. The van der Waals surface area contributed by atoms with Gasteiger partial charge in [-0.1, -0.05) is 26.3 Å². The van der Waals surface area contributed by atoms with Gasteiger partial charge in [0.15, 0.2) is 5.79 Å². The van der Waals surface area contributed by atoms with Gasteiger partial charge in [0.2, 0.25) is 0 Å². The van der Waals surface area contributed by atoms with Crippen molar-refractivity contribution in [3.63, 3.8) is 0 Å². The molecular weight excluding hydrogens is 180 g/mol. The Morgan fingerprint density at radius 2 is 2.14 bits per heavy atom. The van der Waals surface area contributed by atoms with Crippen LogP contribution in [0, 0.1) is 0 Å². The Bertz CT molecular complexity index is 153. The second-order valence-corrected chi connectivity index (χ2v) is 3.17. The van der Waals surface area contributed by atoms with Gasteiger partial charge < -0.3 is 14.3 Å². The quantitative estimate of drug-likeness (QED) is 0.487. The summed E-state index contributed by atoms with van der Waals surface area (Å²) in [5.74, 6) is -0.423. The molecule has 0 aromatic carbocycles. The highest BCUT2D eigenvalue weighted by atomic mass is 16.7. The average molecular weight is 200 g/mol. The second-order valence-electron chi connectivity index (χ2n) is 3.17. The van der Waals surface area contributed by atoms with Gasteiger partial charge in [0.25, 0.3) is 0 Å². The number of carbonyl (C=O) groups is 1. The first kappa shape index (κ1) is 13.3. The Kier molecular flexibility index (Phi) is 7.34. The normalized spacial score (nSPS) is 24.4. The summed E-state index contributed by atoms with van der Waals surface area (Å²) in [6, 6.07) is 0.